The molecule has 0 aromatic carbocycles. The van der Waals surface area contributed by atoms with Gasteiger partial charge in [0, 0.05) is 33.2 Å². The fourth-order valence-corrected chi connectivity index (χ4v) is 5.19. The van der Waals surface area contributed by atoms with E-state index in [1.54, 1.807) is 37.5 Å². The van der Waals surface area contributed by atoms with E-state index in [1.165, 1.54) is 14.0 Å². The summed E-state index contributed by atoms with van der Waals surface area (Å²) in [5, 5.41) is 0. The standard InChI is InChI=1S/C25H44F3N5O4SSi/c1-16(37-17(2)25(26,27)28)21(32-38(34)24(3,4)5)23-31-22-20(11-10-19(30-22)18(29)14-35-6)33(23)15-36-12-13-39(7,8)9/h10-11,16-18,21,32H,12-15,29H2,1-9H3/t16-,17-,18-,21+,38?/m1/s1. The number of halogens is 3. The molecule has 9 nitrogen and oxygen atoms in total. The maximum atomic E-state index is 13.4. The third-order valence-corrected chi connectivity index (χ3v) is 9.31. The topological polar surface area (TPSA) is 120 Å². The molecule has 1 unspecified atom stereocenters. The second kappa shape index (κ2) is 13.6. The van der Waals surface area contributed by atoms with Crippen LogP contribution in [0.3, 0.4) is 0 Å². The van der Waals surface area contributed by atoms with Gasteiger partial charge in [0.25, 0.3) is 0 Å². The van der Waals surface area contributed by atoms with Gasteiger partial charge < -0.3 is 29.1 Å². The summed E-state index contributed by atoms with van der Waals surface area (Å²) in [6, 6.07) is 3.03. The lowest BCUT2D eigenvalue weighted by Crippen LogP contribution is -2.47. The highest BCUT2D eigenvalue weighted by Gasteiger charge is 2.42. The van der Waals surface area contributed by atoms with E-state index in [0.29, 0.717) is 29.3 Å². The molecule has 0 fully saturated rings. The molecule has 0 aliphatic heterocycles. The predicted molar refractivity (Wildman–Crippen MR) is 150 cm³/mol. The van der Waals surface area contributed by atoms with Crippen LogP contribution in [-0.4, -0.2) is 70.6 Å². The summed E-state index contributed by atoms with van der Waals surface area (Å²) in [5.74, 6) is 0.308. The molecular weight excluding hydrogens is 551 g/mol. The minimum atomic E-state index is -4.56. The van der Waals surface area contributed by atoms with Gasteiger partial charge in [-0.15, -0.1) is 4.72 Å². The Morgan fingerprint density at radius 1 is 1.15 bits per heavy atom. The Labute approximate surface area is 233 Å². The van der Waals surface area contributed by atoms with Crippen LogP contribution in [-0.2, 0) is 32.3 Å². The minimum Gasteiger partial charge on any atom is -0.598 e. The number of pyridine rings is 1. The lowest BCUT2D eigenvalue weighted by Gasteiger charge is -2.32. The number of methoxy groups -OCH3 is 1. The van der Waals surface area contributed by atoms with Gasteiger partial charge in [0.05, 0.1) is 30.0 Å². The molecule has 5 atom stereocenters. The number of hydrogen-bond acceptors (Lipinski definition) is 8. The molecular formula is C25H44F3N5O4SSi. The summed E-state index contributed by atoms with van der Waals surface area (Å²) < 4.78 is 73.9. The van der Waals surface area contributed by atoms with Gasteiger partial charge in [-0.05, 0) is 52.8 Å². The van der Waals surface area contributed by atoms with E-state index in [9.17, 15) is 17.7 Å². The third-order valence-electron chi connectivity index (χ3n) is 6.02. The molecule has 2 aromatic rings. The SMILES string of the molecule is COC[C@@H](N)c1ccc2c(n1)nc([C@@H](N[S+]([O-])C(C)(C)C)[C@@H](C)O[C@H](C)C(F)(F)F)n2COCC[Si](C)(C)C. The molecule has 0 spiro atoms. The monoisotopic (exact) mass is 595 g/mol. The normalized spacial score (nSPS) is 17.3. The minimum absolute atomic E-state index is 0.0866. The first-order chi connectivity index (χ1) is 17.8. The molecule has 0 aliphatic rings. The summed E-state index contributed by atoms with van der Waals surface area (Å²) in [6.45, 7) is 15.3. The summed E-state index contributed by atoms with van der Waals surface area (Å²) in [6.07, 6.45) is -7.65. The highest BCUT2D eigenvalue weighted by atomic mass is 32.2. The van der Waals surface area contributed by atoms with Crippen molar-refractivity contribution >= 4 is 30.6 Å². The van der Waals surface area contributed by atoms with Crippen molar-refractivity contribution in [3.05, 3.63) is 23.7 Å². The Hall–Kier alpha value is -1.26. The Bertz CT molecular complexity index is 1060. The zero-order valence-electron chi connectivity index (χ0n) is 24.4. The molecule has 224 valence electrons. The summed E-state index contributed by atoms with van der Waals surface area (Å²) in [5.41, 5.74) is 7.68. The molecule has 2 heterocycles. The van der Waals surface area contributed by atoms with Gasteiger partial charge in [0.1, 0.15) is 23.3 Å². The Balaban J connectivity index is 2.59. The second-order valence-corrected chi connectivity index (χ2v) is 19.5. The van der Waals surface area contributed by atoms with Crippen molar-refractivity contribution in [1.29, 1.82) is 0 Å². The molecule has 3 N–H and O–H groups in total. The fraction of sp³-hybridized carbons (Fsp3) is 0.760. The number of nitrogens with two attached hydrogens (primary N) is 1. The lowest BCUT2D eigenvalue weighted by atomic mass is 10.1. The molecule has 0 aliphatic carbocycles. The fourth-order valence-electron chi connectivity index (χ4n) is 3.55. The van der Waals surface area contributed by atoms with E-state index >= 15 is 0 Å². The molecule has 2 aromatic heterocycles. The van der Waals surface area contributed by atoms with Gasteiger partial charge in [-0.3, -0.25) is 0 Å². The summed E-state index contributed by atoms with van der Waals surface area (Å²) >= 11 is -1.64. The Kier molecular flexibility index (Phi) is 11.8. The Morgan fingerprint density at radius 2 is 1.79 bits per heavy atom. The third kappa shape index (κ3) is 9.95. The highest BCUT2D eigenvalue weighted by molar-refractivity contribution is 7.90. The lowest BCUT2D eigenvalue weighted by molar-refractivity contribution is -0.227. The molecule has 0 radical (unpaired) electrons. The van der Waals surface area contributed by atoms with Crippen LogP contribution in [0.5, 0.6) is 0 Å². The van der Waals surface area contributed by atoms with Crippen LogP contribution >= 0.6 is 0 Å². The van der Waals surface area contributed by atoms with Gasteiger partial charge in [-0.2, -0.15) is 13.2 Å². The van der Waals surface area contributed by atoms with E-state index in [0.717, 1.165) is 13.0 Å². The number of ether oxygens (including phenoxy) is 3. The van der Waals surface area contributed by atoms with Crippen molar-refractivity contribution in [3.63, 3.8) is 0 Å². The predicted octanol–water partition coefficient (Wildman–Crippen LogP) is 4.84. The van der Waals surface area contributed by atoms with Crippen LogP contribution < -0.4 is 10.5 Å². The maximum Gasteiger partial charge on any atom is 0.414 e. The van der Waals surface area contributed by atoms with Crippen molar-refractivity contribution < 1.29 is 31.9 Å². The van der Waals surface area contributed by atoms with E-state index < -0.39 is 54.7 Å². The van der Waals surface area contributed by atoms with Crippen LogP contribution in [0.1, 0.15) is 58.2 Å². The van der Waals surface area contributed by atoms with Crippen molar-refractivity contribution in [3.8, 4) is 0 Å². The van der Waals surface area contributed by atoms with Crippen LogP contribution in [0.25, 0.3) is 11.2 Å². The molecule has 0 amide bonds. The Morgan fingerprint density at radius 3 is 2.33 bits per heavy atom. The van der Waals surface area contributed by atoms with Crippen LogP contribution in [0, 0.1) is 0 Å². The van der Waals surface area contributed by atoms with Crippen LogP contribution in [0.15, 0.2) is 12.1 Å². The molecule has 0 saturated heterocycles. The van der Waals surface area contributed by atoms with Crippen molar-refractivity contribution in [2.45, 2.75) is 102 Å². The average molecular weight is 596 g/mol. The highest BCUT2D eigenvalue weighted by Crippen LogP contribution is 2.31. The molecule has 14 heteroatoms. The van der Waals surface area contributed by atoms with E-state index in [1.807, 2.05) is 0 Å². The number of alkyl halides is 3. The first-order valence-electron chi connectivity index (χ1n) is 12.9. The number of fused-ring (bicyclic) bond motifs is 1. The van der Waals surface area contributed by atoms with Crippen LogP contribution in [0.2, 0.25) is 25.7 Å². The number of hydrogen-bond donors (Lipinski definition) is 2. The van der Waals surface area contributed by atoms with Gasteiger partial charge in [0.15, 0.2) is 11.8 Å². The van der Waals surface area contributed by atoms with Crippen LogP contribution in [0.4, 0.5) is 13.2 Å². The summed E-state index contributed by atoms with van der Waals surface area (Å²) in [4.78, 5) is 9.30. The molecule has 2 rings (SSSR count). The number of imidazole rings is 1. The maximum absolute atomic E-state index is 13.4. The average Bonchev–Trinajstić information content (AvgIpc) is 3.15. The van der Waals surface area contributed by atoms with E-state index in [4.69, 9.17) is 24.9 Å². The van der Waals surface area contributed by atoms with Gasteiger partial charge in [-0.25, -0.2) is 9.97 Å². The van der Waals surface area contributed by atoms with Gasteiger partial charge >= 0.3 is 6.18 Å². The van der Waals surface area contributed by atoms with Crippen molar-refractivity contribution in [2.75, 3.05) is 20.3 Å². The first kappa shape index (κ1) is 33.9. The van der Waals surface area contributed by atoms with E-state index in [-0.39, 0.29) is 13.3 Å². The van der Waals surface area contributed by atoms with E-state index in [2.05, 4.69) is 29.3 Å². The van der Waals surface area contributed by atoms with Crippen molar-refractivity contribution in [2.24, 2.45) is 5.73 Å². The number of rotatable bonds is 14. The zero-order valence-corrected chi connectivity index (χ0v) is 26.2. The molecule has 39 heavy (non-hydrogen) atoms. The number of nitrogens with one attached hydrogen (secondary N) is 1. The van der Waals surface area contributed by atoms with Gasteiger partial charge in [0.2, 0.25) is 0 Å². The second-order valence-electron chi connectivity index (χ2n) is 11.9. The first-order valence-corrected chi connectivity index (χ1v) is 17.8. The smallest absolute Gasteiger partial charge is 0.414 e. The molecule has 0 saturated carbocycles. The van der Waals surface area contributed by atoms with Gasteiger partial charge in [-0.1, -0.05) is 19.6 Å². The largest absolute Gasteiger partial charge is 0.598 e. The summed E-state index contributed by atoms with van der Waals surface area (Å²) in [7, 11) is 0.179. The number of aromatic nitrogens is 3. The quantitative estimate of drug-likeness (QED) is 0.181. The number of nitrogens with zero attached hydrogens (tertiary/aromatic N) is 3. The molecule has 0 bridgehead atoms. The zero-order chi connectivity index (χ0) is 29.8. The van der Waals surface area contributed by atoms with Crippen molar-refractivity contribution in [1.82, 2.24) is 19.3 Å².